The predicted octanol–water partition coefficient (Wildman–Crippen LogP) is 5.30. The number of likely N-dealkylation sites (tertiary alicyclic amines) is 1. The third-order valence-corrected chi connectivity index (χ3v) is 6.00. The Hall–Kier alpha value is -2.70. The highest BCUT2D eigenvalue weighted by Crippen LogP contribution is 2.30. The van der Waals surface area contributed by atoms with Gasteiger partial charge in [0.05, 0.1) is 10.7 Å². The van der Waals surface area contributed by atoms with Crippen molar-refractivity contribution in [3.05, 3.63) is 71.4 Å². The Morgan fingerprint density at radius 2 is 1.94 bits per heavy atom. The third kappa shape index (κ3) is 5.93. The maximum atomic E-state index is 13.4. The Kier molecular flexibility index (Phi) is 6.99. The Bertz CT molecular complexity index is 1020. The zero-order valence-corrected chi connectivity index (χ0v) is 18.4. The number of halogens is 2. The number of hydrogen-bond acceptors (Lipinski definition) is 5. The number of nitrogens with one attached hydrogen (secondary N) is 2. The number of pyridine rings is 2. The molecule has 0 saturated carbocycles. The van der Waals surface area contributed by atoms with Crippen molar-refractivity contribution in [3.8, 4) is 11.1 Å². The van der Waals surface area contributed by atoms with E-state index in [0.29, 0.717) is 17.5 Å². The first kappa shape index (κ1) is 21.5. The summed E-state index contributed by atoms with van der Waals surface area (Å²) in [6.07, 6.45) is 7.62. The molecule has 0 amide bonds. The molecule has 1 aliphatic rings. The van der Waals surface area contributed by atoms with Crippen LogP contribution in [0.15, 0.2) is 55.0 Å². The van der Waals surface area contributed by atoms with Crippen LogP contribution in [-0.2, 0) is 6.54 Å². The van der Waals surface area contributed by atoms with E-state index in [2.05, 4.69) is 32.5 Å². The van der Waals surface area contributed by atoms with Gasteiger partial charge in [0.15, 0.2) is 0 Å². The maximum absolute atomic E-state index is 13.4. The van der Waals surface area contributed by atoms with E-state index in [1.165, 1.54) is 25.0 Å². The molecule has 0 bridgehead atoms. The molecule has 5 nitrogen and oxygen atoms in total. The molecule has 1 fully saturated rings. The summed E-state index contributed by atoms with van der Waals surface area (Å²) in [5, 5.41) is 7.35. The summed E-state index contributed by atoms with van der Waals surface area (Å²) < 4.78 is 13.4. The second-order valence-electron chi connectivity index (χ2n) is 8.12. The van der Waals surface area contributed by atoms with Gasteiger partial charge in [-0.05, 0) is 68.7 Å². The molecule has 2 aromatic heterocycles. The summed E-state index contributed by atoms with van der Waals surface area (Å²) in [4.78, 5) is 11.2. The van der Waals surface area contributed by atoms with E-state index in [1.807, 2.05) is 18.2 Å². The number of rotatable bonds is 7. The van der Waals surface area contributed by atoms with Gasteiger partial charge in [0, 0.05) is 42.8 Å². The minimum absolute atomic E-state index is 0.241. The molecule has 31 heavy (non-hydrogen) atoms. The Morgan fingerprint density at radius 3 is 2.74 bits per heavy atom. The number of piperidine rings is 1. The monoisotopic (exact) mass is 439 g/mol. The van der Waals surface area contributed by atoms with Crippen molar-refractivity contribution in [2.75, 3.05) is 37.3 Å². The van der Waals surface area contributed by atoms with Crippen molar-refractivity contribution in [2.45, 2.75) is 19.4 Å². The van der Waals surface area contributed by atoms with Crippen LogP contribution in [0.1, 0.15) is 18.4 Å². The lowest BCUT2D eigenvalue weighted by Crippen LogP contribution is -2.33. The lowest BCUT2D eigenvalue weighted by molar-refractivity contribution is 0.226. The van der Waals surface area contributed by atoms with E-state index < -0.39 is 0 Å². The number of hydrogen-bond donors (Lipinski definition) is 2. The summed E-state index contributed by atoms with van der Waals surface area (Å²) >= 11 is 6.45. The lowest BCUT2D eigenvalue weighted by atomic mass is 9.97. The molecule has 0 unspecified atom stereocenters. The van der Waals surface area contributed by atoms with Crippen LogP contribution in [0, 0.1) is 11.7 Å². The van der Waals surface area contributed by atoms with Crippen molar-refractivity contribution in [3.63, 3.8) is 0 Å². The third-order valence-electron chi connectivity index (χ3n) is 5.70. The van der Waals surface area contributed by atoms with Crippen LogP contribution in [-0.4, -0.2) is 41.5 Å². The molecule has 162 valence electrons. The summed E-state index contributed by atoms with van der Waals surface area (Å²) in [5.74, 6) is 1.24. The van der Waals surface area contributed by atoms with Crippen molar-refractivity contribution in [1.29, 1.82) is 0 Å². The summed E-state index contributed by atoms with van der Waals surface area (Å²) in [6, 6.07) is 10.5. The molecule has 1 aromatic carbocycles. The maximum Gasteiger partial charge on any atom is 0.126 e. The van der Waals surface area contributed by atoms with Gasteiger partial charge in [0.1, 0.15) is 11.6 Å². The van der Waals surface area contributed by atoms with E-state index in [4.69, 9.17) is 11.6 Å². The molecule has 7 heteroatoms. The second-order valence-corrected chi connectivity index (χ2v) is 8.53. The van der Waals surface area contributed by atoms with Crippen molar-refractivity contribution in [2.24, 2.45) is 5.92 Å². The van der Waals surface area contributed by atoms with Gasteiger partial charge in [-0.25, -0.2) is 9.37 Å². The summed E-state index contributed by atoms with van der Waals surface area (Å²) in [6.45, 7) is 3.71. The highest BCUT2D eigenvalue weighted by Gasteiger charge is 2.16. The zero-order chi connectivity index (χ0) is 21.6. The second kappa shape index (κ2) is 10.1. The molecular formula is C24H27ClFN5. The molecule has 1 saturated heterocycles. The molecule has 0 radical (unpaired) electrons. The Balaban J connectivity index is 1.43. The minimum Gasteiger partial charge on any atom is -0.380 e. The van der Waals surface area contributed by atoms with Gasteiger partial charge >= 0.3 is 0 Å². The fourth-order valence-corrected chi connectivity index (χ4v) is 4.02. The molecule has 4 rings (SSSR count). The van der Waals surface area contributed by atoms with Crippen LogP contribution in [0.5, 0.6) is 0 Å². The minimum atomic E-state index is -0.241. The summed E-state index contributed by atoms with van der Waals surface area (Å²) in [5.41, 5.74) is 3.49. The molecule has 3 heterocycles. The van der Waals surface area contributed by atoms with Crippen LogP contribution < -0.4 is 10.6 Å². The molecule has 0 atom stereocenters. The zero-order valence-electron chi connectivity index (χ0n) is 17.6. The van der Waals surface area contributed by atoms with Crippen molar-refractivity contribution in [1.82, 2.24) is 14.9 Å². The van der Waals surface area contributed by atoms with Gasteiger partial charge in [-0.1, -0.05) is 23.7 Å². The van der Waals surface area contributed by atoms with Gasteiger partial charge in [-0.3, -0.25) is 4.98 Å². The first-order valence-electron chi connectivity index (χ1n) is 10.6. The quantitative estimate of drug-likeness (QED) is 0.523. The predicted molar refractivity (Wildman–Crippen MR) is 125 cm³/mol. The van der Waals surface area contributed by atoms with Crippen LogP contribution in [0.25, 0.3) is 11.1 Å². The van der Waals surface area contributed by atoms with E-state index >= 15 is 0 Å². The largest absolute Gasteiger partial charge is 0.380 e. The van der Waals surface area contributed by atoms with E-state index in [0.717, 1.165) is 47.8 Å². The first-order valence-corrected chi connectivity index (χ1v) is 11.0. The topological polar surface area (TPSA) is 53.1 Å². The van der Waals surface area contributed by atoms with Crippen LogP contribution >= 0.6 is 11.6 Å². The average molecular weight is 440 g/mol. The van der Waals surface area contributed by atoms with Gasteiger partial charge in [-0.2, -0.15) is 0 Å². The highest BCUT2D eigenvalue weighted by molar-refractivity contribution is 6.33. The first-order chi connectivity index (χ1) is 15.1. The van der Waals surface area contributed by atoms with Gasteiger partial charge in [-0.15, -0.1) is 0 Å². The summed E-state index contributed by atoms with van der Waals surface area (Å²) in [7, 11) is 2.17. The van der Waals surface area contributed by atoms with E-state index in [1.54, 1.807) is 24.7 Å². The normalized spacial score (nSPS) is 15.1. The van der Waals surface area contributed by atoms with Gasteiger partial charge in [0.2, 0.25) is 0 Å². The molecule has 0 aliphatic carbocycles. The molecular weight excluding hydrogens is 413 g/mol. The number of benzene rings is 1. The number of aromatic nitrogens is 2. The van der Waals surface area contributed by atoms with Crippen molar-refractivity contribution < 1.29 is 4.39 Å². The van der Waals surface area contributed by atoms with E-state index in [-0.39, 0.29) is 5.82 Å². The van der Waals surface area contributed by atoms with Crippen LogP contribution in [0.2, 0.25) is 5.02 Å². The smallest absolute Gasteiger partial charge is 0.126 e. The molecule has 3 aromatic rings. The molecule has 1 aliphatic heterocycles. The molecule has 2 N–H and O–H groups in total. The number of nitrogens with zero attached hydrogens (tertiary/aromatic N) is 3. The van der Waals surface area contributed by atoms with E-state index in [9.17, 15) is 4.39 Å². The van der Waals surface area contributed by atoms with Crippen LogP contribution in [0.3, 0.4) is 0 Å². The SMILES string of the molecule is CN1CCC(CNc2cc(-c3cncc(NCc4cccc(F)c4)c3)c(Cl)cn2)CC1. The lowest BCUT2D eigenvalue weighted by Gasteiger charge is -2.29. The molecule has 0 spiro atoms. The van der Waals surface area contributed by atoms with Gasteiger partial charge in [0.25, 0.3) is 0 Å². The van der Waals surface area contributed by atoms with Gasteiger partial charge < -0.3 is 15.5 Å². The van der Waals surface area contributed by atoms with Crippen LogP contribution in [0.4, 0.5) is 15.9 Å². The fraction of sp³-hybridized carbons (Fsp3) is 0.333. The highest BCUT2D eigenvalue weighted by atomic mass is 35.5. The Labute approximate surface area is 187 Å². The van der Waals surface area contributed by atoms with Crippen molar-refractivity contribution >= 4 is 23.1 Å². The fourth-order valence-electron chi connectivity index (χ4n) is 3.81. The average Bonchev–Trinajstić information content (AvgIpc) is 2.78. The number of anilines is 2. The Morgan fingerprint density at radius 1 is 1.10 bits per heavy atom. The standard InChI is InChI=1S/C24H27ClFN5/c1-31-7-5-17(6-8-31)12-29-24-11-22(23(25)16-30-24)19-10-21(15-27-14-19)28-13-18-3-2-4-20(26)9-18/h2-4,9-11,14-17,28H,5-8,12-13H2,1H3,(H,29,30).